The van der Waals surface area contributed by atoms with E-state index >= 15 is 0 Å². The van der Waals surface area contributed by atoms with E-state index in [1.54, 1.807) is 19.1 Å². The van der Waals surface area contributed by atoms with Crippen LogP contribution in [0.15, 0.2) is 22.7 Å². The number of hydrogen-bond acceptors (Lipinski definition) is 6. The Morgan fingerprint density at radius 3 is 2.71 bits per heavy atom. The third-order valence-corrected chi connectivity index (χ3v) is 6.34. The highest BCUT2D eigenvalue weighted by atomic mass is 35.5. The Balaban J connectivity index is 1.77. The van der Waals surface area contributed by atoms with E-state index in [2.05, 4.69) is 5.16 Å². The maximum atomic E-state index is 13.5. The number of aliphatic hydroxyl groups is 1. The minimum Gasteiger partial charge on any atom is -0.361 e. The van der Waals surface area contributed by atoms with Gasteiger partial charge < -0.3 is 9.63 Å². The molecule has 0 bridgehead atoms. The van der Waals surface area contributed by atoms with Gasteiger partial charge in [0.2, 0.25) is 0 Å². The second-order valence-electron chi connectivity index (χ2n) is 7.50. The Labute approximate surface area is 168 Å². The fourth-order valence-corrected chi connectivity index (χ4v) is 4.63. The molecule has 7 nitrogen and oxygen atoms in total. The quantitative estimate of drug-likeness (QED) is 0.849. The van der Waals surface area contributed by atoms with Crippen molar-refractivity contribution in [3.63, 3.8) is 0 Å². The predicted molar refractivity (Wildman–Crippen MR) is 102 cm³/mol. The third-order valence-electron chi connectivity index (χ3n) is 5.85. The molecule has 8 heteroatoms. The van der Waals surface area contributed by atoms with Gasteiger partial charge in [0.25, 0.3) is 5.91 Å². The molecule has 1 aliphatic carbocycles. The van der Waals surface area contributed by atoms with Crippen molar-refractivity contribution in [2.24, 2.45) is 0 Å². The molecule has 0 radical (unpaired) electrons. The molecule has 1 aliphatic heterocycles. The van der Waals surface area contributed by atoms with Gasteiger partial charge in [0, 0.05) is 12.6 Å². The first-order valence-electron chi connectivity index (χ1n) is 9.29. The van der Waals surface area contributed by atoms with Crippen molar-refractivity contribution in [1.82, 2.24) is 10.1 Å². The number of anilines is 1. The number of halogens is 1. The van der Waals surface area contributed by atoms with Gasteiger partial charge in [-0.15, -0.1) is 0 Å². The lowest BCUT2D eigenvalue weighted by atomic mass is 9.95. The van der Waals surface area contributed by atoms with Gasteiger partial charge in [-0.05, 0) is 44.4 Å². The Morgan fingerprint density at radius 2 is 2.11 bits per heavy atom. The molecule has 1 spiro atoms. The van der Waals surface area contributed by atoms with Gasteiger partial charge in [-0.25, -0.2) is 4.90 Å². The molecule has 1 amide bonds. The van der Waals surface area contributed by atoms with Crippen molar-refractivity contribution >= 4 is 23.2 Å². The highest BCUT2D eigenvalue weighted by Crippen LogP contribution is 2.46. The summed E-state index contributed by atoms with van der Waals surface area (Å²) in [6.45, 7) is 3.87. The molecular formula is C20H21ClN4O3. The predicted octanol–water partition coefficient (Wildman–Crippen LogP) is 3.25. The molecule has 2 aromatic rings. The van der Waals surface area contributed by atoms with Gasteiger partial charge in [-0.2, -0.15) is 5.26 Å². The molecule has 1 atom stereocenters. The zero-order valence-corrected chi connectivity index (χ0v) is 16.5. The summed E-state index contributed by atoms with van der Waals surface area (Å²) >= 11 is 6.31. The van der Waals surface area contributed by atoms with Gasteiger partial charge >= 0.3 is 0 Å². The number of rotatable bonds is 3. The Bertz CT molecular complexity index is 974. The van der Waals surface area contributed by atoms with E-state index in [1.165, 1.54) is 4.90 Å². The Morgan fingerprint density at radius 1 is 1.39 bits per heavy atom. The van der Waals surface area contributed by atoms with E-state index in [0.29, 0.717) is 52.7 Å². The third kappa shape index (κ3) is 2.72. The van der Waals surface area contributed by atoms with Crippen molar-refractivity contribution in [1.29, 1.82) is 5.26 Å². The number of nitrogens with zero attached hydrogens (tertiary/aromatic N) is 4. The van der Waals surface area contributed by atoms with E-state index < -0.39 is 11.9 Å². The summed E-state index contributed by atoms with van der Waals surface area (Å²) < 4.78 is 5.15. The number of hydrogen-bond donors (Lipinski definition) is 1. The monoisotopic (exact) mass is 400 g/mol. The van der Waals surface area contributed by atoms with Gasteiger partial charge in [0.15, 0.2) is 6.35 Å². The van der Waals surface area contributed by atoms with Crippen LogP contribution in [-0.4, -0.2) is 33.0 Å². The van der Waals surface area contributed by atoms with Crippen LogP contribution >= 0.6 is 11.6 Å². The van der Waals surface area contributed by atoms with E-state index in [0.717, 1.165) is 12.8 Å². The Hall–Kier alpha value is -2.40. The summed E-state index contributed by atoms with van der Waals surface area (Å²) in [6, 6.07) is 7.11. The van der Waals surface area contributed by atoms with Gasteiger partial charge in [-0.3, -0.25) is 9.69 Å². The van der Waals surface area contributed by atoms with Crippen LogP contribution in [0.4, 0.5) is 5.69 Å². The summed E-state index contributed by atoms with van der Waals surface area (Å²) in [5, 5.41) is 24.7. The van der Waals surface area contributed by atoms with Gasteiger partial charge in [-0.1, -0.05) is 29.6 Å². The number of carbonyl (C=O) groups excluding carboxylic acids is 1. The van der Waals surface area contributed by atoms with Crippen molar-refractivity contribution in [2.45, 2.75) is 58.0 Å². The molecule has 1 unspecified atom stereocenters. The smallest absolute Gasteiger partial charge is 0.250 e. The number of aryl methyl sites for hydroxylation is 1. The number of aromatic nitrogens is 1. The molecule has 2 fully saturated rings. The van der Waals surface area contributed by atoms with Crippen LogP contribution in [0.2, 0.25) is 5.02 Å². The van der Waals surface area contributed by atoms with E-state index in [1.807, 2.05) is 24.0 Å². The molecule has 2 heterocycles. The normalized spacial score (nSPS) is 21.6. The molecule has 1 aromatic carbocycles. The van der Waals surface area contributed by atoms with Crippen molar-refractivity contribution in [2.75, 3.05) is 4.90 Å². The highest BCUT2D eigenvalue weighted by Gasteiger charge is 2.58. The van der Waals surface area contributed by atoms with Crippen molar-refractivity contribution < 1.29 is 14.4 Å². The molecule has 1 saturated heterocycles. The first-order chi connectivity index (χ1) is 13.4. The molecular weight excluding hydrogens is 380 g/mol. The summed E-state index contributed by atoms with van der Waals surface area (Å²) in [5.74, 6) is 0.545. The maximum absolute atomic E-state index is 13.5. The standard InChI is InChI=1S/C20H21ClN4O3/c1-12-9-15(23-28-12)11-24-19(27)25(18(26)20(24)7-3-4-8-20)16-6-5-14(10-22)17(21)13(16)2/h5-6,9,19,27H,3-4,7-8,11H2,1-2H3. The molecule has 1 aromatic heterocycles. The van der Waals surface area contributed by atoms with E-state index in [-0.39, 0.29) is 5.91 Å². The van der Waals surface area contributed by atoms with Crippen LogP contribution in [0.3, 0.4) is 0 Å². The number of carbonyl (C=O) groups is 1. The van der Waals surface area contributed by atoms with Crippen LogP contribution in [-0.2, 0) is 11.3 Å². The summed E-state index contributed by atoms with van der Waals surface area (Å²) in [5.41, 5.74) is 1.37. The van der Waals surface area contributed by atoms with E-state index in [4.69, 9.17) is 16.1 Å². The average Bonchev–Trinajstić information content (AvgIpc) is 3.36. The zero-order chi connectivity index (χ0) is 20.1. The topological polar surface area (TPSA) is 93.6 Å². The maximum Gasteiger partial charge on any atom is 0.250 e. The molecule has 1 N–H and O–H groups in total. The van der Waals surface area contributed by atoms with Crippen LogP contribution in [0.5, 0.6) is 0 Å². The number of benzene rings is 1. The minimum atomic E-state index is -1.15. The van der Waals surface area contributed by atoms with Crippen LogP contribution in [0.25, 0.3) is 0 Å². The largest absolute Gasteiger partial charge is 0.361 e. The van der Waals surface area contributed by atoms with Crippen LogP contribution in [0.1, 0.15) is 48.3 Å². The van der Waals surface area contributed by atoms with Crippen LogP contribution in [0, 0.1) is 25.2 Å². The lowest BCUT2D eigenvalue weighted by Crippen LogP contribution is -2.48. The second-order valence-corrected chi connectivity index (χ2v) is 7.88. The Kier molecular flexibility index (Phi) is 4.66. The second kappa shape index (κ2) is 6.89. The number of aliphatic hydroxyl groups excluding tert-OH is 1. The summed E-state index contributed by atoms with van der Waals surface area (Å²) in [4.78, 5) is 16.8. The molecule has 28 heavy (non-hydrogen) atoms. The zero-order valence-electron chi connectivity index (χ0n) is 15.8. The number of nitriles is 1. The summed E-state index contributed by atoms with van der Waals surface area (Å²) in [6.07, 6.45) is 2.06. The van der Waals surface area contributed by atoms with Gasteiger partial charge in [0.1, 0.15) is 17.4 Å². The number of amides is 1. The lowest BCUT2D eigenvalue weighted by molar-refractivity contribution is -0.125. The lowest BCUT2D eigenvalue weighted by Gasteiger charge is -2.32. The van der Waals surface area contributed by atoms with Crippen molar-refractivity contribution in [3.05, 3.63) is 45.8 Å². The fraction of sp³-hybridized carbons (Fsp3) is 0.450. The van der Waals surface area contributed by atoms with Crippen LogP contribution < -0.4 is 4.90 Å². The fourth-order valence-electron chi connectivity index (χ4n) is 4.43. The highest BCUT2D eigenvalue weighted by molar-refractivity contribution is 6.33. The first-order valence-corrected chi connectivity index (χ1v) is 9.67. The molecule has 4 rings (SSSR count). The van der Waals surface area contributed by atoms with Crippen molar-refractivity contribution in [3.8, 4) is 6.07 Å². The SMILES string of the molecule is Cc1cc(CN2C(O)N(c3ccc(C#N)c(Cl)c3C)C(=O)C23CCCC3)no1. The molecule has 1 saturated carbocycles. The molecule has 146 valence electrons. The summed E-state index contributed by atoms with van der Waals surface area (Å²) in [7, 11) is 0. The van der Waals surface area contributed by atoms with Gasteiger partial charge in [0.05, 0.1) is 22.0 Å². The first kappa shape index (κ1) is 18.9. The van der Waals surface area contributed by atoms with E-state index in [9.17, 15) is 15.2 Å². The minimum absolute atomic E-state index is 0.137. The average molecular weight is 401 g/mol. The molecule has 2 aliphatic rings.